The highest BCUT2D eigenvalue weighted by Gasteiger charge is 2.34. The fourth-order valence-corrected chi connectivity index (χ4v) is 4.41. The normalized spacial score (nSPS) is 19.7. The van der Waals surface area contributed by atoms with E-state index < -0.39 is 5.97 Å². The monoisotopic (exact) mass is 411 g/mol. The van der Waals surface area contributed by atoms with Gasteiger partial charge in [0.05, 0.1) is 17.0 Å². The fraction of sp³-hybridized carbons (Fsp3) is 0.391. The number of aromatic nitrogens is 2. The number of piperidine rings is 1. The average molecular weight is 412 g/mol. The number of carbonyl (C=O) groups is 1. The Labute approximate surface area is 175 Å². The number of nitrogens with zero attached hydrogens (tertiary/aromatic N) is 3. The summed E-state index contributed by atoms with van der Waals surface area (Å²) in [5, 5.41) is 10.2. The summed E-state index contributed by atoms with van der Waals surface area (Å²) in [5.41, 5.74) is 5.13. The fourth-order valence-electron chi connectivity index (χ4n) is 4.26. The van der Waals surface area contributed by atoms with Crippen molar-refractivity contribution in [3.8, 4) is 5.69 Å². The first kappa shape index (κ1) is 19.8. The van der Waals surface area contributed by atoms with E-state index in [1.165, 1.54) is 5.56 Å². The number of fused-ring (bicyclic) bond motifs is 1. The average Bonchev–Trinajstić information content (AvgIpc) is 3.06. The summed E-state index contributed by atoms with van der Waals surface area (Å²) in [7, 11) is 0. The predicted octanol–water partition coefficient (Wildman–Crippen LogP) is 5.38. The van der Waals surface area contributed by atoms with E-state index in [2.05, 4.69) is 53.6 Å². The molecule has 2 heterocycles. The van der Waals surface area contributed by atoms with Crippen molar-refractivity contribution in [1.29, 1.82) is 0 Å². The Balaban J connectivity index is 1.88. The van der Waals surface area contributed by atoms with Gasteiger partial charge in [0.25, 0.3) is 0 Å². The maximum atomic E-state index is 11.5. The van der Waals surface area contributed by atoms with E-state index in [1.54, 1.807) is 0 Å². The third-order valence-electron chi connectivity index (χ3n) is 6.00. The van der Waals surface area contributed by atoms with Gasteiger partial charge in [0.1, 0.15) is 0 Å². The lowest BCUT2D eigenvalue weighted by Crippen LogP contribution is -2.45. The van der Waals surface area contributed by atoms with Crippen LogP contribution in [0, 0.1) is 19.8 Å². The number of carboxylic acid groups (broad SMARTS) is 1. The Morgan fingerprint density at radius 1 is 1.24 bits per heavy atom. The molecule has 1 saturated heterocycles. The van der Waals surface area contributed by atoms with Crippen molar-refractivity contribution < 1.29 is 9.90 Å². The summed E-state index contributed by atoms with van der Waals surface area (Å²) in [5.74, 6) is -0.121. The van der Waals surface area contributed by atoms with E-state index in [9.17, 15) is 9.90 Å². The van der Waals surface area contributed by atoms with E-state index in [0.29, 0.717) is 24.4 Å². The zero-order valence-electron chi connectivity index (χ0n) is 17.0. The van der Waals surface area contributed by atoms with Crippen LogP contribution in [0.25, 0.3) is 16.7 Å². The van der Waals surface area contributed by atoms with Crippen LogP contribution in [0.4, 0.5) is 5.95 Å². The van der Waals surface area contributed by atoms with E-state index in [1.807, 2.05) is 13.0 Å². The second-order valence-electron chi connectivity index (χ2n) is 7.99. The maximum Gasteiger partial charge on any atom is 0.306 e. The Morgan fingerprint density at radius 3 is 2.62 bits per heavy atom. The first-order valence-corrected chi connectivity index (χ1v) is 10.5. The zero-order chi connectivity index (χ0) is 20.7. The molecule has 3 aromatic rings. The molecular weight excluding hydrogens is 386 g/mol. The Morgan fingerprint density at radius 2 is 1.97 bits per heavy atom. The lowest BCUT2D eigenvalue weighted by atomic mass is 9.90. The Bertz CT molecular complexity index is 1060. The highest BCUT2D eigenvalue weighted by atomic mass is 35.5. The van der Waals surface area contributed by atoms with E-state index >= 15 is 0 Å². The highest BCUT2D eigenvalue weighted by molar-refractivity contribution is 6.32. The molecule has 1 aliphatic rings. The molecule has 0 saturated carbocycles. The van der Waals surface area contributed by atoms with E-state index in [4.69, 9.17) is 16.6 Å². The first-order chi connectivity index (χ1) is 13.9. The molecule has 0 amide bonds. The molecule has 1 aromatic heterocycles. The van der Waals surface area contributed by atoms with Crippen molar-refractivity contribution in [2.45, 2.75) is 46.1 Å². The van der Waals surface area contributed by atoms with Gasteiger partial charge in [0, 0.05) is 23.3 Å². The highest BCUT2D eigenvalue weighted by Crippen LogP contribution is 2.35. The zero-order valence-corrected chi connectivity index (χ0v) is 17.8. The summed E-state index contributed by atoms with van der Waals surface area (Å²) >= 11 is 6.38. The minimum Gasteiger partial charge on any atom is -0.481 e. The van der Waals surface area contributed by atoms with Gasteiger partial charge in [-0.1, -0.05) is 36.2 Å². The predicted molar refractivity (Wildman–Crippen MR) is 117 cm³/mol. The van der Waals surface area contributed by atoms with Crippen molar-refractivity contribution in [2.75, 3.05) is 11.4 Å². The van der Waals surface area contributed by atoms with Gasteiger partial charge in [-0.3, -0.25) is 9.36 Å². The SMILES string of the molecule is CCC1CC(C(=O)O)CCN1c1nc2cc(Cl)c(C)cc2n1-c1ccc(C)cc1. The molecule has 2 aromatic carbocycles. The van der Waals surface area contributed by atoms with Gasteiger partial charge in [-0.15, -0.1) is 0 Å². The van der Waals surface area contributed by atoms with Crippen LogP contribution < -0.4 is 4.90 Å². The summed E-state index contributed by atoms with van der Waals surface area (Å²) in [6.45, 7) is 6.87. The maximum absolute atomic E-state index is 11.5. The van der Waals surface area contributed by atoms with Gasteiger partial charge in [0.15, 0.2) is 0 Å². The Kier molecular flexibility index (Phi) is 5.26. The summed E-state index contributed by atoms with van der Waals surface area (Å²) in [6, 6.07) is 12.6. The van der Waals surface area contributed by atoms with Crippen LogP contribution >= 0.6 is 11.6 Å². The molecule has 5 nitrogen and oxygen atoms in total. The summed E-state index contributed by atoms with van der Waals surface area (Å²) in [6.07, 6.45) is 2.14. The van der Waals surface area contributed by atoms with Gasteiger partial charge < -0.3 is 10.0 Å². The molecule has 152 valence electrons. The van der Waals surface area contributed by atoms with Gasteiger partial charge in [-0.2, -0.15) is 0 Å². The number of halogens is 1. The minimum absolute atomic E-state index is 0.141. The molecular formula is C23H26ClN3O2. The quantitative estimate of drug-likeness (QED) is 0.626. The number of aryl methyl sites for hydroxylation is 2. The van der Waals surface area contributed by atoms with Crippen LogP contribution in [-0.2, 0) is 4.79 Å². The van der Waals surface area contributed by atoms with Gasteiger partial charge in [-0.25, -0.2) is 4.98 Å². The standard InChI is InChI=1S/C23H26ClN3O2/c1-4-17-12-16(22(28)29)9-10-26(17)23-25-20-13-19(24)15(3)11-21(20)27(23)18-7-5-14(2)6-8-18/h5-8,11,13,16-17H,4,9-10,12H2,1-3H3,(H,28,29). The molecule has 2 unspecified atom stereocenters. The van der Waals surface area contributed by atoms with Crippen LogP contribution in [0.15, 0.2) is 36.4 Å². The van der Waals surface area contributed by atoms with Crippen LogP contribution in [-0.4, -0.2) is 33.2 Å². The molecule has 2 atom stereocenters. The second kappa shape index (κ2) is 7.71. The molecule has 0 spiro atoms. The van der Waals surface area contributed by atoms with Crippen molar-refractivity contribution in [3.05, 3.63) is 52.5 Å². The van der Waals surface area contributed by atoms with Crippen molar-refractivity contribution >= 4 is 34.6 Å². The smallest absolute Gasteiger partial charge is 0.306 e. The molecule has 0 aliphatic carbocycles. The topological polar surface area (TPSA) is 58.4 Å². The third kappa shape index (κ3) is 3.60. The van der Waals surface area contributed by atoms with Crippen molar-refractivity contribution in [1.82, 2.24) is 9.55 Å². The molecule has 0 radical (unpaired) electrons. The minimum atomic E-state index is -0.697. The van der Waals surface area contributed by atoms with Crippen LogP contribution in [0.1, 0.15) is 37.3 Å². The van der Waals surface area contributed by atoms with Crippen LogP contribution in [0.5, 0.6) is 0 Å². The number of rotatable bonds is 4. The Hall–Kier alpha value is -2.53. The summed E-state index contributed by atoms with van der Waals surface area (Å²) < 4.78 is 2.18. The van der Waals surface area contributed by atoms with Crippen LogP contribution in [0.2, 0.25) is 5.02 Å². The van der Waals surface area contributed by atoms with E-state index in [-0.39, 0.29) is 12.0 Å². The lowest BCUT2D eigenvalue weighted by Gasteiger charge is -2.38. The molecule has 6 heteroatoms. The van der Waals surface area contributed by atoms with Gasteiger partial charge in [0.2, 0.25) is 5.95 Å². The van der Waals surface area contributed by atoms with Gasteiger partial charge >= 0.3 is 5.97 Å². The molecule has 1 aliphatic heterocycles. The van der Waals surface area contributed by atoms with Crippen molar-refractivity contribution in [3.63, 3.8) is 0 Å². The molecule has 1 fully saturated rings. The summed E-state index contributed by atoms with van der Waals surface area (Å²) in [4.78, 5) is 18.8. The molecule has 0 bridgehead atoms. The second-order valence-corrected chi connectivity index (χ2v) is 8.40. The number of aliphatic carboxylic acids is 1. The number of hydrogen-bond donors (Lipinski definition) is 1. The number of benzene rings is 2. The first-order valence-electron chi connectivity index (χ1n) is 10.1. The molecule has 29 heavy (non-hydrogen) atoms. The number of anilines is 1. The largest absolute Gasteiger partial charge is 0.481 e. The van der Waals surface area contributed by atoms with Gasteiger partial charge in [-0.05, 0) is 62.9 Å². The molecule has 4 rings (SSSR count). The number of imidazole rings is 1. The van der Waals surface area contributed by atoms with E-state index in [0.717, 1.165) is 34.7 Å². The molecule has 1 N–H and O–H groups in total. The van der Waals surface area contributed by atoms with Crippen LogP contribution in [0.3, 0.4) is 0 Å². The third-order valence-corrected chi connectivity index (χ3v) is 6.41. The van der Waals surface area contributed by atoms with Crippen molar-refractivity contribution in [2.24, 2.45) is 5.92 Å². The number of carboxylic acids is 1. The number of hydrogen-bond acceptors (Lipinski definition) is 3. The lowest BCUT2D eigenvalue weighted by molar-refractivity contribution is -0.142.